The molecule has 78 valence electrons. The first kappa shape index (κ1) is 11.2. The first-order valence-corrected chi connectivity index (χ1v) is 5.86. The van der Waals surface area contributed by atoms with Crippen molar-refractivity contribution >= 4 is 10.1 Å². The maximum atomic E-state index is 10.9. The molecular formula is C10H14O3S. The SMILES string of the molecule is Cc1ccc(C(C)S(=O)(=O)O)cc1C. The zero-order valence-electron chi connectivity index (χ0n) is 8.48. The van der Waals surface area contributed by atoms with Crippen molar-refractivity contribution in [3.63, 3.8) is 0 Å². The molecule has 0 spiro atoms. The van der Waals surface area contributed by atoms with Gasteiger partial charge in [-0.05, 0) is 37.5 Å². The fourth-order valence-electron chi connectivity index (χ4n) is 1.19. The highest BCUT2D eigenvalue weighted by molar-refractivity contribution is 7.86. The summed E-state index contributed by atoms with van der Waals surface area (Å²) in [5.41, 5.74) is 2.75. The number of aryl methyl sites for hydroxylation is 2. The first-order chi connectivity index (χ1) is 6.32. The van der Waals surface area contributed by atoms with E-state index in [1.54, 1.807) is 12.1 Å². The Bertz CT molecular complexity index is 435. The molecule has 0 amide bonds. The van der Waals surface area contributed by atoms with Gasteiger partial charge in [0.1, 0.15) is 5.25 Å². The Morgan fingerprint density at radius 1 is 1.21 bits per heavy atom. The smallest absolute Gasteiger partial charge is 0.271 e. The van der Waals surface area contributed by atoms with Gasteiger partial charge in [0.05, 0.1) is 0 Å². The Hall–Kier alpha value is -0.870. The van der Waals surface area contributed by atoms with Gasteiger partial charge in [-0.3, -0.25) is 4.55 Å². The molecular weight excluding hydrogens is 200 g/mol. The van der Waals surface area contributed by atoms with Crippen LogP contribution < -0.4 is 0 Å². The lowest BCUT2D eigenvalue weighted by Crippen LogP contribution is -2.08. The normalized spacial score (nSPS) is 14.0. The molecule has 0 aliphatic heterocycles. The van der Waals surface area contributed by atoms with Crippen LogP contribution in [0.1, 0.15) is 28.9 Å². The van der Waals surface area contributed by atoms with Crippen molar-refractivity contribution in [2.45, 2.75) is 26.0 Å². The van der Waals surface area contributed by atoms with Crippen molar-refractivity contribution in [1.82, 2.24) is 0 Å². The van der Waals surface area contributed by atoms with Crippen molar-refractivity contribution < 1.29 is 13.0 Å². The second-order valence-electron chi connectivity index (χ2n) is 3.50. The largest absolute Gasteiger partial charge is 0.285 e. The average Bonchev–Trinajstić information content (AvgIpc) is 2.07. The zero-order chi connectivity index (χ0) is 10.9. The molecule has 3 nitrogen and oxygen atoms in total. The highest BCUT2D eigenvalue weighted by Crippen LogP contribution is 2.22. The van der Waals surface area contributed by atoms with E-state index in [2.05, 4.69) is 0 Å². The molecule has 1 aromatic rings. The van der Waals surface area contributed by atoms with E-state index >= 15 is 0 Å². The minimum absolute atomic E-state index is 0.621. The van der Waals surface area contributed by atoms with Crippen LogP contribution in [0.25, 0.3) is 0 Å². The van der Waals surface area contributed by atoms with Crippen molar-refractivity contribution in [2.75, 3.05) is 0 Å². The van der Waals surface area contributed by atoms with E-state index in [0.29, 0.717) is 5.56 Å². The summed E-state index contributed by atoms with van der Waals surface area (Å²) in [5, 5.41) is -0.859. The van der Waals surface area contributed by atoms with Crippen LogP contribution >= 0.6 is 0 Å². The van der Waals surface area contributed by atoms with Gasteiger partial charge < -0.3 is 0 Å². The molecule has 1 rings (SSSR count). The van der Waals surface area contributed by atoms with Crippen LogP contribution in [0, 0.1) is 13.8 Å². The van der Waals surface area contributed by atoms with Gasteiger partial charge in [0.25, 0.3) is 10.1 Å². The Balaban J connectivity index is 3.16. The van der Waals surface area contributed by atoms with Gasteiger partial charge in [-0.15, -0.1) is 0 Å². The summed E-state index contributed by atoms with van der Waals surface area (Å²) in [7, 11) is -3.99. The monoisotopic (exact) mass is 214 g/mol. The van der Waals surface area contributed by atoms with E-state index < -0.39 is 15.4 Å². The Kier molecular flexibility index (Phi) is 2.97. The lowest BCUT2D eigenvalue weighted by Gasteiger charge is -2.10. The van der Waals surface area contributed by atoms with Gasteiger partial charge in [0.15, 0.2) is 0 Å². The molecule has 4 heteroatoms. The van der Waals surface area contributed by atoms with Crippen molar-refractivity contribution in [2.24, 2.45) is 0 Å². The van der Waals surface area contributed by atoms with Gasteiger partial charge in [-0.1, -0.05) is 18.2 Å². The van der Waals surface area contributed by atoms with Gasteiger partial charge >= 0.3 is 0 Å². The highest BCUT2D eigenvalue weighted by atomic mass is 32.2. The fraction of sp³-hybridized carbons (Fsp3) is 0.400. The maximum absolute atomic E-state index is 10.9. The van der Waals surface area contributed by atoms with Crippen LogP contribution in [0.5, 0.6) is 0 Å². The highest BCUT2D eigenvalue weighted by Gasteiger charge is 2.19. The van der Waals surface area contributed by atoms with Crippen molar-refractivity contribution in [3.8, 4) is 0 Å². The van der Waals surface area contributed by atoms with Crippen LogP contribution in [0.15, 0.2) is 18.2 Å². The third-order valence-corrected chi connectivity index (χ3v) is 3.61. The minimum Gasteiger partial charge on any atom is -0.285 e. The van der Waals surface area contributed by atoms with E-state index in [9.17, 15) is 8.42 Å². The topological polar surface area (TPSA) is 54.4 Å². The number of hydrogen-bond acceptors (Lipinski definition) is 2. The molecule has 14 heavy (non-hydrogen) atoms. The molecule has 0 saturated carbocycles. The van der Waals surface area contributed by atoms with Crippen LogP contribution in [0.4, 0.5) is 0 Å². The van der Waals surface area contributed by atoms with Gasteiger partial charge in [-0.2, -0.15) is 8.42 Å². The molecule has 1 unspecified atom stereocenters. The summed E-state index contributed by atoms with van der Waals surface area (Å²) >= 11 is 0. The molecule has 0 radical (unpaired) electrons. The Labute approximate surface area is 84.5 Å². The Morgan fingerprint density at radius 2 is 1.79 bits per heavy atom. The summed E-state index contributed by atoms with van der Waals surface area (Å²) in [4.78, 5) is 0. The standard InChI is InChI=1S/C10H14O3S/c1-7-4-5-10(6-8(7)2)9(3)14(11,12)13/h4-6,9H,1-3H3,(H,11,12,13). The molecule has 0 aromatic heterocycles. The number of rotatable bonds is 2. The van der Waals surface area contributed by atoms with Crippen molar-refractivity contribution in [3.05, 3.63) is 34.9 Å². The van der Waals surface area contributed by atoms with Gasteiger partial charge in [0, 0.05) is 0 Å². The molecule has 0 bridgehead atoms. The van der Waals surface area contributed by atoms with Gasteiger partial charge in [0.2, 0.25) is 0 Å². The second kappa shape index (κ2) is 3.71. The quantitative estimate of drug-likeness (QED) is 0.768. The summed E-state index contributed by atoms with van der Waals surface area (Å²) < 4.78 is 30.6. The van der Waals surface area contributed by atoms with Crippen LogP contribution in [-0.4, -0.2) is 13.0 Å². The lowest BCUT2D eigenvalue weighted by molar-refractivity contribution is 0.472. The summed E-state index contributed by atoms with van der Waals surface area (Å²) in [6.45, 7) is 5.34. The summed E-state index contributed by atoms with van der Waals surface area (Å²) in [6.07, 6.45) is 0. The molecule has 0 heterocycles. The van der Waals surface area contributed by atoms with Crippen LogP contribution in [-0.2, 0) is 10.1 Å². The predicted octanol–water partition coefficient (Wildman–Crippen LogP) is 2.25. The van der Waals surface area contributed by atoms with Gasteiger partial charge in [-0.25, -0.2) is 0 Å². The number of hydrogen-bond donors (Lipinski definition) is 1. The molecule has 0 aliphatic rings. The molecule has 0 fully saturated rings. The van der Waals surface area contributed by atoms with Crippen molar-refractivity contribution in [1.29, 1.82) is 0 Å². The second-order valence-corrected chi connectivity index (χ2v) is 5.24. The molecule has 1 atom stereocenters. The predicted molar refractivity (Wildman–Crippen MR) is 55.9 cm³/mol. The third kappa shape index (κ3) is 2.33. The van der Waals surface area contributed by atoms with Crippen LogP contribution in [0.3, 0.4) is 0 Å². The molecule has 1 N–H and O–H groups in total. The summed E-state index contributed by atoms with van der Waals surface area (Å²) in [6, 6.07) is 5.36. The van der Waals surface area contributed by atoms with Crippen LogP contribution in [0.2, 0.25) is 0 Å². The zero-order valence-corrected chi connectivity index (χ0v) is 9.30. The fourth-order valence-corrected chi connectivity index (χ4v) is 1.68. The molecule has 0 saturated heterocycles. The lowest BCUT2D eigenvalue weighted by atomic mass is 10.0. The molecule has 1 aromatic carbocycles. The van der Waals surface area contributed by atoms with E-state index in [4.69, 9.17) is 4.55 Å². The summed E-state index contributed by atoms with van der Waals surface area (Å²) in [5.74, 6) is 0. The average molecular weight is 214 g/mol. The minimum atomic E-state index is -3.99. The molecule has 0 aliphatic carbocycles. The maximum Gasteiger partial charge on any atom is 0.271 e. The first-order valence-electron chi connectivity index (χ1n) is 4.36. The van der Waals surface area contributed by atoms with E-state index in [1.165, 1.54) is 6.92 Å². The third-order valence-electron chi connectivity index (χ3n) is 2.45. The van der Waals surface area contributed by atoms with E-state index in [0.717, 1.165) is 11.1 Å². The van der Waals surface area contributed by atoms with E-state index in [-0.39, 0.29) is 0 Å². The number of benzene rings is 1. The van der Waals surface area contributed by atoms with E-state index in [1.807, 2.05) is 19.9 Å². The Morgan fingerprint density at radius 3 is 2.21 bits per heavy atom.